The zero-order valence-electron chi connectivity index (χ0n) is 15.4. The van der Waals surface area contributed by atoms with Gasteiger partial charge < -0.3 is 13.9 Å². The molecule has 3 nitrogen and oxygen atoms in total. The quantitative estimate of drug-likeness (QED) is 0.341. The van der Waals surface area contributed by atoms with Crippen molar-refractivity contribution >= 4 is 10.5 Å². The monoisotopic (exact) mass is 360 g/mol. The Morgan fingerprint density at radius 2 is 1.46 bits per heavy atom. The zero-order chi connectivity index (χ0) is 18.2. The fraction of sp³-hybridized carbons (Fsp3) is 0.667. The first-order valence-electron chi connectivity index (χ1n) is 8.62. The third-order valence-electron chi connectivity index (χ3n) is 3.51. The van der Waals surface area contributed by atoms with E-state index in [-0.39, 0.29) is 12.2 Å². The number of ether oxygens (including phenoxy) is 2. The van der Waals surface area contributed by atoms with Gasteiger partial charge in [0.25, 0.3) is 5.97 Å². The minimum absolute atomic E-state index is 0.00738. The maximum Gasteiger partial charge on any atom is 0.273 e. The Bertz CT molecular complexity index is 465. The first-order chi connectivity index (χ1) is 11.3. The van der Waals surface area contributed by atoms with Crippen molar-refractivity contribution in [1.82, 2.24) is 0 Å². The first-order valence-corrected chi connectivity index (χ1v) is 9.44. The Kier molecular flexibility index (Phi) is 9.05. The van der Waals surface area contributed by atoms with Crippen molar-refractivity contribution in [3.05, 3.63) is 35.4 Å². The molecule has 1 rings (SSSR count). The minimum Gasteiger partial charge on any atom is -0.380 e. The highest BCUT2D eigenvalue weighted by molar-refractivity contribution is 5.98. The Hall–Kier alpha value is -0.823. The van der Waals surface area contributed by atoms with E-state index in [1.165, 1.54) is 12.1 Å². The van der Waals surface area contributed by atoms with Gasteiger partial charge in [-0.1, -0.05) is 6.42 Å². The zero-order valence-corrected chi connectivity index (χ0v) is 17.4. The molecule has 0 aliphatic carbocycles. The Labute approximate surface area is 147 Å². The molecule has 0 saturated heterocycles. The molecule has 0 atom stereocenters. The highest BCUT2D eigenvalue weighted by Gasteiger charge is 2.33. The van der Waals surface area contributed by atoms with Crippen molar-refractivity contribution in [1.29, 1.82) is 0 Å². The summed E-state index contributed by atoms with van der Waals surface area (Å²) < 4.78 is 43.7. The summed E-state index contributed by atoms with van der Waals surface area (Å²) in [4.78, 5) is 0. The molecule has 1 aromatic rings. The van der Waals surface area contributed by atoms with E-state index in [4.69, 9.17) is 13.9 Å². The van der Waals surface area contributed by atoms with Crippen LogP contribution in [0.5, 0.6) is 0 Å². The maximum atomic E-state index is 13.2. The van der Waals surface area contributed by atoms with Crippen LogP contribution in [-0.4, -0.2) is 28.7 Å². The number of halogens is 2. The van der Waals surface area contributed by atoms with Crippen molar-refractivity contribution in [2.45, 2.75) is 78.0 Å². The van der Waals surface area contributed by atoms with E-state index in [0.717, 1.165) is 25.3 Å². The molecule has 0 amide bonds. The molecular weight excluding hydrogens is 330 g/mol. The second kappa shape index (κ2) is 10.2. The van der Waals surface area contributed by atoms with E-state index in [0.29, 0.717) is 28.9 Å². The van der Waals surface area contributed by atoms with Gasteiger partial charge in [-0.2, -0.15) is 0 Å². The summed E-state index contributed by atoms with van der Waals surface area (Å²) in [6, 6.07) is 3.67. The van der Waals surface area contributed by atoms with Crippen LogP contribution in [0.3, 0.4) is 0 Å². The van der Waals surface area contributed by atoms with Gasteiger partial charge in [0, 0.05) is 12.5 Å². The summed E-state index contributed by atoms with van der Waals surface area (Å²) >= 11 is 0. The molecule has 138 valence electrons. The van der Waals surface area contributed by atoms with Crippen LogP contribution in [0.4, 0.5) is 8.78 Å². The second-order valence-electron chi connectivity index (χ2n) is 6.56. The molecule has 0 spiro atoms. The summed E-state index contributed by atoms with van der Waals surface area (Å²) in [6.45, 7) is 7.82. The summed E-state index contributed by atoms with van der Waals surface area (Å²) in [5.41, 5.74) is 0.690. The Balaban J connectivity index is 2.46. The molecular formula is C18H30F2O3Si. The topological polar surface area (TPSA) is 27.7 Å². The van der Waals surface area contributed by atoms with Crippen molar-refractivity contribution in [2.24, 2.45) is 0 Å². The van der Waals surface area contributed by atoms with Gasteiger partial charge in [0.2, 0.25) is 0 Å². The number of rotatable bonds is 11. The fourth-order valence-electron chi connectivity index (χ4n) is 2.66. The van der Waals surface area contributed by atoms with Gasteiger partial charge in [0.15, 0.2) is 10.5 Å². The van der Waals surface area contributed by atoms with Gasteiger partial charge in [-0.05, 0) is 64.7 Å². The Morgan fingerprint density at radius 3 is 1.92 bits per heavy atom. The van der Waals surface area contributed by atoms with Gasteiger partial charge in [0.05, 0.1) is 12.2 Å². The number of aryl methyl sites for hydroxylation is 1. The number of hydrogen-bond donors (Lipinski definition) is 0. The van der Waals surface area contributed by atoms with Gasteiger partial charge in [-0.3, -0.25) is 0 Å². The minimum atomic E-state index is -0.973. The average molecular weight is 361 g/mol. The summed E-state index contributed by atoms with van der Waals surface area (Å²) in [5, 5.41) is 0. The van der Waals surface area contributed by atoms with Crippen LogP contribution in [-0.2, 0) is 20.3 Å². The highest BCUT2D eigenvalue weighted by Crippen LogP contribution is 2.26. The predicted molar refractivity (Wildman–Crippen MR) is 94.7 cm³/mol. The standard InChI is InChI=1S/C18H30F2O3Si/c1-13(2)21-18(23-24,22-14(3)4)9-7-5-6-8-15-10-16(19)12-17(20)11-15/h10-14H,5-9H2,1-4,24H3. The molecule has 0 saturated carbocycles. The largest absolute Gasteiger partial charge is 0.380 e. The van der Waals surface area contributed by atoms with E-state index in [1.54, 1.807) is 0 Å². The molecule has 0 unspecified atom stereocenters. The molecule has 0 fully saturated rings. The highest BCUT2D eigenvalue weighted by atomic mass is 28.2. The van der Waals surface area contributed by atoms with Crippen LogP contribution in [0.1, 0.15) is 58.9 Å². The lowest BCUT2D eigenvalue weighted by Crippen LogP contribution is -2.42. The third-order valence-corrected chi connectivity index (χ3v) is 4.13. The van der Waals surface area contributed by atoms with Crippen molar-refractivity contribution in [3.63, 3.8) is 0 Å². The first kappa shape index (κ1) is 21.2. The van der Waals surface area contributed by atoms with Crippen LogP contribution in [0.2, 0.25) is 0 Å². The maximum absolute atomic E-state index is 13.2. The fourth-order valence-corrected chi connectivity index (χ4v) is 3.06. The molecule has 24 heavy (non-hydrogen) atoms. The van der Waals surface area contributed by atoms with Crippen molar-refractivity contribution in [2.75, 3.05) is 0 Å². The molecule has 0 heterocycles. The van der Waals surface area contributed by atoms with Crippen LogP contribution in [0, 0.1) is 11.6 Å². The number of hydrogen-bond acceptors (Lipinski definition) is 3. The molecule has 0 aliphatic heterocycles. The molecule has 0 aromatic heterocycles. The third kappa shape index (κ3) is 7.83. The summed E-state index contributed by atoms with van der Waals surface area (Å²) in [7, 11) is 0.521. The molecule has 0 N–H and O–H groups in total. The van der Waals surface area contributed by atoms with Crippen LogP contribution >= 0.6 is 0 Å². The van der Waals surface area contributed by atoms with Crippen LogP contribution in [0.25, 0.3) is 0 Å². The molecule has 0 radical (unpaired) electrons. The lowest BCUT2D eigenvalue weighted by Gasteiger charge is -2.36. The van der Waals surface area contributed by atoms with E-state index in [2.05, 4.69) is 0 Å². The molecule has 0 bridgehead atoms. The molecule has 0 aliphatic rings. The number of unbranched alkanes of at least 4 members (excludes halogenated alkanes) is 2. The Morgan fingerprint density at radius 1 is 0.917 bits per heavy atom. The molecule has 1 aromatic carbocycles. The van der Waals surface area contributed by atoms with E-state index in [9.17, 15) is 8.78 Å². The number of benzene rings is 1. The van der Waals surface area contributed by atoms with Crippen molar-refractivity contribution < 1.29 is 22.7 Å². The summed E-state index contributed by atoms with van der Waals surface area (Å²) in [6.07, 6.45) is 3.93. The second-order valence-corrected chi connectivity index (χ2v) is 6.97. The smallest absolute Gasteiger partial charge is 0.273 e. The lowest BCUT2D eigenvalue weighted by molar-refractivity contribution is -0.369. The van der Waals surface area contributed by atoms with E-state index < -0.39 is 17.6 Å². The van der Waals surface area contributed by atoms with E-state index in [1.807, 2.05) is 27.7 Å². The van der Waals surface area contributed by atoms with Gasteiger partial charge in [-0.15, -0.1) is 0 Å². The van der Waals surface area contributed by atoms with Gasteiger partial charge in [0.1, 0.15) is 11.6 Å². The van der Waals surface area contributed by atoms with Crippen LogP contribution < -0.4 is 0 Å². The molecule has 6 heteroatoms. The summed E-state index contributed by atoms with van der Waals surface area (Å²) in [5.74, 6) is -2.02. The lowest BCUT2D eigenvalue weighted by atomic mass is 10.1. The van der Waals surface area contributed by atoms with Gasteiger partial charge in [-0.25, -0.2) is 8.78 Å². The normalized spacial score (nSPS) is 12.5. The predicted octanol–water partition coefficient (Wildman–Crippen LogP) is 3.87. The van der Waals surface area contributed by atoms with Crippen LogP contribution in [0.15, 0.2) is 18.2 Å². The van der Waals surface area contributed by atoms with Gasteiger partial charge >= 0.3 is 0 Å². The van der Waals surface area contributed by atoms with E-state index >= 15 is 0 Å². The van der Waals surface area contributed by atoms with Crippen molar-refractivity contribution in [3.8, 4) is 0 Å². The SMILES string of the molecule is CC(C)OC(CCCCCc1cc(F)cc(F)c1)(O[SiH3])OC(C)C. The average Bonchev–Trinajstić information content (AvgIpc) is 2.44.